The quantitative estimate of drug-likeness (QED) is 0.870. The molecule has 1 aliphatic rings. The molecule has 116 valence electrons. The summed E-state index contributed by atoms with van der Waals surface area (Å²) in [6.45, 7) is 4.09. The molecule has 0 unspecified atom stereocenters. The van der Waals surface area contributed by atoms with Crippen LogP contribution in [0.1, 0.15) is 64.0 Å². The number of carboxylic acid groups (broad SMARTS) is 1. The van der Waals surface area contributed by atoms with Gasteiger partial charge in [-0.3, -0.25) is 9.59 Å². The van der Waals surface area contributed by atoms with Gasteiger partial charge in [0.25, 0.3) is 0 Å². The van der Waals surface area contributed by atoms with Gasteiger partial charge in [-0.2, -0.15) is 0 Å². The number of hydrogen-bond donors (Lipinski definition) is 2. The van der Waals surface area contributed by atoms with Crippen molar-refractivity contribution in [3.63, 3.8) is 0 Å². The van der Waals surface area contributed by atoms with E-state index in [-0.39, 0.29) is 12.3 Å². The van der Waals surface area contributed by atoms with E-state index in [1.165, 1.54) is 11.3 Å². The zero-order valence-electron chi connectivity index (χ0n) is 12.5. The first-order valence-electron chi connectivity index (χ1n) is 7.42. The number of aromatic nitrogens is 1. The van der Waals surface area contributed by atoms with Crippen LogP contribution in [0.5, 0.6) is 0 Å². The van der Waals surface area contributed by atoms with Crippen molar-refractivity contribution in [2.24, 2.45) is 5.41 Å². The number of hydrogen-bond acceptors (Lipinski definition) is 4. The number of nitrogens with one attached hydrogen (secondary N) is 1. The Labute approximate surface area is 128 Å². The molecule has 0 aliphatic heterocycles. The second-order valence-corrected chi connectivity index (χ2v) is 6.96. The Morgan fingerprint density at radius 3 is 2.57 bits per heavy atom. The molecule has 1 aromatic heterocycles. The van der Waals surface area contributed by atoms with Gasteiger partial charge in [-0.1, -0.05) is 33.1 Å². The van der Waals surface area contributed by atoms with Gasteiger partial charge in [0, 0.05) is 11.8 Å². The molecule has 1 aromatic rings. The number of nitrogens with zero attached hydrogens (tertiary/aromatic N) is 1. The summed E-state index contributed by atoms with van der Waals surface area (Å²) < 4.78 is 0. The Bertz CT molecular complexity index is 519. The SMILES string of the molecule is CC(C)c1csc(NC(=O)CC2(C(=O)O)CCCCC2)n1. The fourth-order valence-electron chi connectivity index (χ4n) is 2.77. The highest BCUT2D eigenvalue weighted by Crippen LogP contribution is 2.40. The lowest BCUT2D eigenvalue weighted by molar-refractivity contribution is -0.153. The molecule has 0 aromatic carbocycles. The Balaban J connectivity index is 2.00. The van der Waals surface area contributed by atoms with Gasteiger partial charge in [-0.05, 0) is 18.8 Å². The summed E-state index contributed by atoms with van der Waals surface area (Å²) in [5.41, 5.74) is 0.0569. The highest BCUT2D eigenvalue weighted by atomic mass is 32.1. The number of thiazole rings is 1. The highest BCUT2D eigenvalue weighted by molar-refractivity contribution is 7.13. The molecule has 0 saturated heterocycles. The van der Waals surface area contributed by atoms with Crippen LogP contribution in [-0.4, -0.2) is 22.0 Å². The molecule has 2 N–H and O–H groups in total. The molecule has 6 heteroatoms. The predicted molar refractivity (Wildman–Crippen MR) is 82.6 cm³/mol. The molecule has 5 nitrogen and oxygen atoms in total. The van der Waals surface area contributed by atoms with Crippen LogP contribution in [0, 0.1) is 5.41 Å². The molecule has 0 bridgehead atoms. The topological polar surface area (TPSA) is 79.3 Å². The minimum absolute atomic E-state index is 0.0406. The summed E-state index contributed by atoms with van der Waals surface area (Å²) >= 11 is 1.39. The fourth-order valence-corrected chi connectivity index (χ4v) is 3.66. The van der Waals surface area contributed by atoms with E-state index < -0.39 is 11.4 Å². The van der Waals surface area contributed by atoms with Gasteiger partial charge < -0.3 is 10.4 Å². The molecule has 1 saturated carbocycles. The molecular formula is C15H22N2O3S. The lowest BCUT2D eigenvalue weighted by atomic mass is 9.71. The third-order valence-corrected chi connectivity index (χ3v) is 4.90. The van der Waals surface area contributed by atoms with E-state index in [4.69, 9.17) is 0 Å². The van der Waals surface area contributed by atoms with E-state index in [9.17, 15) is 14.7 Å². The van der Waals surface area contributed by atoms with Crippen molar-refractivity contribution in [2.45, 2.75) is 58.3 Å². The average Bonchev–Trinajstić information content (AvgIpc) is 2.88. The Hall–Kier alpha value is -1.43. The molecule has 21 heavy (non-hydrogen) atoms. The number of amides is 1. The predicted octanol–water partition coefficient (Wildman–Crippen LogP) is 3.63. The van der Waals surface area contributed by atoms with E-state index in [0.717, 1.165) is 25.0 Å². The average molecular weight is 310 g/mol. The lowest BCUT2D eigenvalue weighted by Gasteiger charge is -2.32. The normalized spacial score (nSPS) is 17.7. The van der Waals surface area contributed by atoms with Gasteiger partial charge in [0.05, 0.1) is 11.1 Å². The summed E-state index contributed by atoms with van der Waals surface area (Å²) in [5.74, 6) is -0.779. The van der Waals surface area contributed by atoms with Gasteiger partial charge >= 0.3 is 5.97 Å². The van der Waals surface area contributed by atoms with Crippen LogP contribution in [0.15, 0.2) is 5.38 Å². The van der Waals surface area contributed by atoms with Crippen molar-refractivity contribution >= 4 is 28.3 Å². The number of carbonyl (C=O) groups excluding carboxylic acids is 1. The van der Waals surface area contributed by atoms with E-state index in [1.807, 2.05) is 19.2 Å². The molecule has 1 fully saturated rings. The van der Waals surface area contributed by atoms with Crippen LogP contribution >= 0.6 is 11.3 Å². The second-order valence-electron chi connectivity index (χ2n) is 6.10. The minimum atomic E-state index is -0.888. The summed E-state index contributed by atoms with van der Waals surface area (Å²) in [6.07, 6.45) is 4.04. The van der Waals surface area contributed by atoms with Gasteiger partial charge in [0.2, 0.25) is 5.91 Å². The van der Waals surface area contributed by atoms with Crippen molar-refractivity contribution in [3.05, 3.63) is 11.1 Å². The monoisotopic (exact) mass is 310 g/mol. The van der Waals surface area contributed by atoms with Crippen molar-refractivity contribution in [1.29, 1.82) is 0 Å². The molecule has 2 rings (SSSR count). The van der Waals surface area contributed by atoms with Gasteiger partial charge in [-0.15, -0.1) is 11.3 Å². The maximum absolute atomic E-state index is 12.2. The van der Waals surface area contributed by atoms with E-state index in [2.05, 4.69) is 10.3 Å². The maximum atomic E-state index is 12.2. The van der Waals surface area contributed by atoms with E-state index in [0.29, 0.717) is 23.9 Å². The van der Waals surface area contributed by atoms with E-state index in [1.54, 1.807) is 0 Å². The van der Waals surface area contributed by atoms with Crippen LogP contribution in [-0.2, 0) is 9.59 Å². The summed E-state index contributed by atoms with van der Waals surface area (Å²) in [7, 11) is 0. The second kappa shape index (κ2) is 6.56. The minimum Gasteiger partial charge on any atom is -0.481 e. The number of aliphatic carboxylic acids is 1. The molecule has 0 spiro atoms. The van der Waals surface area contributed by atoms with Crippen molar-refractivity contribution in [3.8, 4) is 0 Å². The van der Waals surface area contributed by atoms with Crippen LogP contribution in [0.3, 0.4) is 0 Å². The van der Waals surface area contributed by atoms with Crippen LogP contribution in [0.25, 0.3) is 0 Å². The lowest BCUT2D eigenvalue weighted by Crippen LogP contribution is -2.37. The van der Waals surface area contributed by atoms with Crippen molar-refractivity contribution in [1.82, 2.24) is 4.98 Å². The molecule has 0 radical (unpaired) electrons. The van der Waals surface area contributed by atoms with Gasteiger partial charge in [-0.25, -0.2) is 4.98 Å². The molecule has 1 amide bonds. The molecule has 0 atom stereocenters. The Morgan fingerprint density at radius 2 is 2.05 bits per heavy atom. The summed E-state index contributed by atoms with van der Waals surface area (Å²) in [6, 6.07) is 0. The van der Waals surface area contributed by atoms with E-state index >= 15 is 0 Å². The first kappa shape index (κ1) is 15.9. The first-order chi connectivity index (χ1) is 9.93. The van der Waals surface area contributed by atoms with Crippen LogP contribution < -0.4 is 5.32 Å². The Kier molecular flexibility index (Phi) is 4.98. The number of carbonyl (C=O) groups is 2. The highest BCUT2D eigenvalue weighted by Gasteiger charge is 2.41. The zero-order chi connectivity index (χ0) is 15.5. The smallest absolute Gasteiger partial charge is 0.310 e. The number of rotatable bonds is 5. The number of anilines is 1. The Morgan fingerprint density at radius 1 is 1.38 bits per heavy atom. The molecule has 1 aliphatic carbocycles. The third-order valence-electron chi connectivity index (χ3n) is 4.12. The third kappa shape index (κ3) is 3.81. The summed E-state index contributed by atoms with van der Waals surface area (Å²) in [4.78, 5) is 28.1. The molecular weight excluding hydrogens is 288 g/mol. The summed E-state index contributed by atoms with van der Waals surface area (Å²) in [5, 5.41) is 14.7. The van der Waals surface area contributed by atoms with Gasteiger partial charge in [0.15, 0.2) is 5.13 Å². The maximum Gasteiger partial charge on any atom is 0.310 e. The zero-order valence-corrected chi connectivity index (χ0v) is 13.3. The number of carboxylic acids is 1. The fraction of sp³-hybridized carbons (Fsp3) is 0.667. The van der Waals surface area contributed by atoms with Crippen LogP contribution in [0.2, 0.25) is 0 Å². The van der Waals surface area contributed by atoms with Gasteiger partial charge in [0.1, 0.15) is 0 Å². The first-order valence-corrected chi connectivity index (χ1v) is 8.29. The van der Waals surface area contributed by atoms with Crippen LogP contribution in [0.4, 0.5) is 5.13 Å². The standard InChI is InChI=1S/C15H22N2O3S/c1-10(2)11-9-21-14(16-11)17-12(18)8-15(13(19)20)6-4-3-5-7-15/h9-10H,3-8H2,1-2H3,(H,19,20)(H,16,17,18). The van der Waals surface area contributed by atoms with Crippen molar-refractivity contribution in [2.75, 3.05) is 5.32 Å². The largest absolute Gasteiger partial charge is 0.481 e. The molecule has 1 heterocycles. The van der Waals surface area contributed by atoms with Crippen molar-refractivity contribution < 1.29 is 14.7 Å².